The van der Waals surface area contributed by atoms with E-state index in [1.54, 1.807) is 6.92 Å². The van der Waals surface area contributed by atoms with Gasteiger partial charge in [-0.05, 0) is 12.5 Å². The summed E-state index contributed by atoms with van der Waals surface area (Å²) in [5.74, 6) is 0.138. The highest BCUT2D eigenvalue weighted by molar-refractivity contribution is 5.51. The van der Waals surface area contributed by atoms with Crippen molar-refractivity contribution in [2.24, 2.45) is 5.11 Å². The molecule has 0 radical (unpaired) electrons. The Morgan fingerprint density at radius 1 is 1.59 bits per heavy atom. The van der Waals surface area contributed by atoms with Crippen molar-refractivity contribution >= 4 is 11.6 Å². The molecule has 4 atom stereocenters. The number of nitrogens with two attached hydrogens (primary N) is 1. The van der Waals surface area contributed by atoms with E-state index in [9.17, 15) is 10.2 Å². The fraction of sp³-hybridized carbons (Fsp3) is 0.545. The smallest absolute Gasteiger partial charge is 0.224 e. The van der Waals surface area contributed by atoms with Crippen LogP contribution in [0.1, 0.15) is 18.6 Å². The number of fused-ring (bicyclic) bond motifs is 1. The van der Waals surface area contributed by atoms with Gasteiger partial charge < -0.3 is 20.7 Å². The number of hydrogen-bond donors (Lipinski definition) is 3. The normalized spacial score (nSPS) is 31.3. The van der Waals surface area contributed by atoms with Crippen molar-refractivity contribution in [3.05, 3.63) is 28.5 Å². The third-order valence-corrected chi connectivity index (χ3v) is 3.87. The van der Waals surface area contributed by atoms with Crippen molar-refractivity contribution in [2.75, 3.05) is 12.3 Å². The molecule has 0 saturated carbocycles. The zero-order valence-corrected chi connectivity index (χ0v) is 11.6. The summed E-state index contributed by atoms with van der Waals surface area (Å²) < 4.78 is 6.98. The first kappa shape index (κ1) is 14.5. The Kier molecular flexibility index (Phi) is 3.34. The first-order valence-corrected chi connectivity index (χ1v) is 6.47. The number of ether oxygens (including phenoxy) is 1. The van der Waals surface area contributed by atoms with Gasteiger partial charge in [-0.3, -0.25) is 0 Å². The van der Waals surface area contributed by atoms with Crippen LogP contribution < -0.4 is 5.73 Å². The number of anilines is 1. The van der Waals surface area contributed by atoms with Gasteiger partial charge in [0, 0.05) is 10.5 Å². The number of nitrogens with zero attached hydrogens (tertiary/aromatic N) is 7. The van der Waals surface area contributed by atoms with Crippen LogP contribution in [0, 0.1) is 0 Å². The lowest BCUT2D eigenvalue weighted by Gasteiger charge is -2.26. The summed E-state index contributed by atoms with van der Waals surface area (Å²) in [6, 6.07) is 0. The molecule has 1 aliphatic rings. The maximum absolute atomic E-state index is 10.3. The minimum absolute atomic E-state index is 0.138. The van der Waals surface area contributed by atoms with E-state index in [4.69, 9.17) is 16.0 Å². The molecule has 1 aliphatic heterocycles. The maximum Gasteiger partial charge on any atom is 0.224 e. The third-order valence-electron chi connectivity index (χ3n) is 3.87. The first-order chi connectivity index (χ1) is 10.5. The highest BCUT2D eigenvalue weighted by Crippen LogP contribution is 2.45. The van der Waals surface area contributed by atoms with Crippen LogP contribution in [0.25, 0.3) is 16.1 Å². The number of aliphatic hydroxyl groups excluding tert-OH is 2. The molecule has 2 aromatic heterocycles. The standard InChI is InChI=1S/C11H14N8O3/c1-11(17-18-13)7(21)6(3-20)22-8(11)5-2-16-19-9(5)14-4-15-10(19)12/h2,4,6-8,20-21H,3H2,1H3,(H2,12,14,15)/t6-,7-,8+,11?/m1/s1. The van der Waals surface area contributed by atoms with Gasteiger partial charge in [0.05, 0.1) is 18.9 Å². The summed E-state index contributed by atoms with van der Waals surface area (Å²) >= 11 is 0. The minimum Gasteiger partial charge on any atom is -0.394 e. The topological polar surface area (TPSA) is 168 Å². The number of rotatable bonds is 3. The number of aromatic nitrogens is 4. The fourth-order valence-corrected chi connectivity index (χ4v) is 2.69. The molecule has 1 saturated heterocycles. The largest absolute Gasteiger partial charge is 0.394 e. The molecule has 11 heteroatoms. The summed E-state index contributed by atoms with van der Waals surface area (Å²) in [6.45, 7) is 1.14. The summed E-state index contributed by atoms with van der Waals surface area (Å²) in [5.41, 5.74) is 14.1. The van der Waals surface area contributed by atoms with Crippen LogP contribution in [0.3, 0.4) is 0 Å². The molecule has 0 spiro atoms. The summed E-state index contributed by atoms with van der Waals surface area (Å²) in [4.78, 5) is 10.7. The van der Waals surface area contributed by atoms with Crippen molar-refractivity contribution in [3.8, 4) is 0 Å². The van der Waals surface area contributed by atoms with Gasteiger partial charge in [0.25, 0.3) is 0 Å². The van der Waals surface area contributed by atoms with Gasteiger partial charge in [-0.2, -0.15) is 9.61 Å². The predicted molar refractivity (Wildman–Crippen MR) is 73.5 cm³/mol. The van der Waals surface area contributed by atoms with Gasteiger partial charge in [0.15, 0.2) is 5.65 Å². The van der Waals surface area contributed by atoms with Crippen LogP contribution in [0.4, 0.5) is 5.95 Å². The van der Waals surface area contributed by atoms with Gasteiger partial charge in [-0.15, -0.1) is 0 Å². The molecule has 4 N–H and O–H groups in total. The Bertz CT molecular complexity index is 757. The quantitative estimate of drug-likeness (QED) is 0.392. The SMILES string of the molecule is CC1(N=[N+]=[N-])[C@H](O)[C@@H](CO)O[C@H]1c1cnn2c(N)ncnc12. The predicted octanol–water partition coefficient (Wildman–Crippen LogP) is -0.431. The molecule has 3 rings (SSSR count). The second kappa shape index (κ2) is 5.07. The van der Waals surface area contributed by atoms with E-state index < -0.39 is 30.5 Å². The molecule has 0 bridgehead atoms. The van der Waals surface area contributed by atoms with Gasteiger partial charge >= 0.3 is 0 Å². The zero-order valence-electron chi connectivity index (χ0n) is 11.6. The monoisotopic (exact) mass is 306 g/mol. The van der Waals surface area contributed by atoms with Crippen LogP contribution in [0.5, 0.6) is 0 Å². The van der Waals surface area contributed by atoms with Crippen LogP contribution in [-0.4, -0.2) is 54.1 Å². The Labute approximate surface area is 124 Å². The molecular formula is C11H14N8O3. The van der Waals surface area contributed by atoms with Crippen LogP contribution in [0.15, 0.2) is 17.6 Å². The van der Waals surface area contributed by atoms with E-state index in [1.165, 1.54) is 17.0 Å². The van der Waals surface area contributed by atoms with E-state index in [-0.39, 0.29) is 5.95 Å². The molecule has 22 heavy (non-hydrogen) atoms. The molecule has 0 amide bonds. The third kappa shape index (κ3) is 1.88. The van der Waals surface area contributed by atoms with E-state index in [0.717, 1.165) is 0 Å². The second-order valence-corrected chi connectivity index (χ2v) is 5.16. The lowest BCUT2D eigenvalue weighted by atomic mass is 9.87. The Morgan fingerprint density at radius 3 is 3.05 bits per heavy atom. The lowest BCUT2D eigenvalue weighted by Crippen LogP contribution is -2.41. The number of hydrogen-bond acceptors (Lipinski definition) is 8. The van der Waals surface area contributed by atoms with E-state index in [1.807, 2.05) is 0 Å². The van der Waals surface area contributed by atoms with Crippen molar-refractivity contribution < 1.29 is 14.9 Å². The van der Waals surface area contributed by atoms with Crippen LogP contribution in [0.2, 0.25) is 0 Å². The molecular weight excluding hydrogens is 292 g/mol. The molecule has 3 heterocycles. The lowest BCUT2D eigenvalue weighted by molar-refractivity contribution is -0.0223. The van der Waals surface area contributed by atoms with Crippen LogP contribution >= 0.6 is 0 Å². The van der Waals surface area contributed by atoms with E-state index >= 15 is 0 Å². The van der Waals surface area contributed by atoms with Gasteiger partial charge in [-0.25, -0.2) is 9.97 Å². The molecule has 11 nitrogen and oxygen atoms in total. The van der Waals surface area contributed by atoms with Crippen LogP contribution in [-0.2, 0) is 4.74 Å². The molecule has 1 fully saturated rings. The highest BCUT2D eigenvalue weighted by Gasteiger charge is 2.54. The first-order valence-electron chi connectivity index (χ1n) is 6.47. The fourth-order valence-electron chi connectivity index (χ4n) is 2.69. The Hall–Kier alpha value is -2.46. The van der Waals surface area contributed by atoms with Crippen molar-refractivity contribution in [1.82, 2.24) is 19.6 Å². The number of nitrogen functional groups attached to an aromatic ring is 1. The minimum atomic E-state index is -1.31. The average Bonchev–Trinajstić information content (AvgIpc) is 3.02. The Balaban J connectivity index is 2.16. The van der Waals surface area contributed by atoms with Gasteiger partial charge in [-0.1, -0.05) is 5.11 Å². The number of azide groups is 1. The maximum atomic E-state index is 10.3. The van der Waals surface area contributed by atoms with Crippen molar-refractivity contribution in [1.29, 1.82) is 0 Å². The average molecular weight is 306 g/mol. The summed E-state index contributed by atoms with van der Waals surface area (Å²) in [5, 5.41) is 27.4. The number of aliphatic hydroxyl groups is 2. The van der Waals surface area contributed by atoms with E-state index in [0.29, 0.717) is 11.2 Å². The summed E-state index contributed by atoms with van der Waals surface area (Å²) in [6.07, 6.45) is -0.150. The van der Waals surface area contributed by atoms with Crippen molar-refractivity contribution in [3.63, 3.8) is 0 Å². The molecule has 116 valence electrons. The van der Waals surface area contributed by atoms with E-state index in [2.05, 4.69) is 25.1 Å². The van der Waals surface area contributed by atoms with Gasteiger partial charge in [0.1, 0.15) is 24.1 Å². The van der Waals surface area contributed by atoms with Crippen molar-refractivity contribution in [2.45, 2.75) is 30.8 Å². The highest BCUT2D eigenvalue weighted by atomic mass is 16.5. The molecule has 0 aromatic carbocycles. The molecule has 2 aromatic rings. The van der Waals surface area contributed by atoms with Gasteiger partial charge in [0.2, 0.25) is 5.95 Å². The Morgan fingerprint density at radius 2 is 2.36 bits per heavy atom. The second-order valence-electron chi connectivity index (χ2n) is 5.16. The summed E-state index contributed by atoms with van der Waals surface area (Å²) in [7, 11) is 0. The molecule has 1 unspecified atom stereocenters. The zero-order chi connectivity index (χ0) is 15.9. The molecule has 0 aliphatic carbocycles.